The summed E-state index contributed by atoms with van der Waals surface area (Å²) >= 11 is 1.51. The summed E-state index contributed by atoms with van der Waals surface area (Å²) in [6.07, 6.45) is 2.10. The lowest BCUT2D eigenvalue weighted by Gasteiger charge is -2.21. The normalized spacial score (nSPS) is 18.8. The minimum Gasteiger partial charge on any atom is -0.396 e. The van der Waals surface area contributed by atoms with E-state index in [1.54, 1.807) is 16.5 Å². The second-order valence-electron chi connectivity index (χ2n) is 6.88. The van der Waals surface area contributed by atoms with E-state index in [9.17, 15) is 14.3 Å². The van der Waals surface area contributed by atoms with Crippen LogP contribution in [0.2, 0.25) is 0 Å². The third-order valence-electron chi connectivity index (χ3n) is 5.07. The van der Waals surface area contributed by atoms with Crippen molar-refractivity contribution < 1.29 is 9.50 Å². The average Bonchev–Trinajstić information content (AvgIpc) is 3.35. The van der Waals surface area contributed by atoms with Gasteiger partial charge in [0, 0.05) is 35.7 Å². The number of hydrogen-bond donors (Lipinski definition) is 1. The highest BCUT2D eigenvalue weighted by Crippen LogP contribution is 2.49. The molecule has 0 spiro atoms. The van der Waals surface area contributed by atoms with Gasteiger partial charge in [-0.2, -0.15) is 0 Å². The first-order valence-corrected chi connectivity index (χ1v) is 9.82. The lowest BCUT2D eigenvalue weighted by atomic mass is 10.2. The van der Waals surface area contributed by atoms with Gasteiger partial charge in [-0.25, -0.2) is 14.4 Å². The van der Waals surface area contributed by atoms with Gasteiger partial charge in [-0.3, -0.25) is 9.20 Å². The Morgan fingerprint density at radius 3 is 2.89 bits per heavy atom. The molecule has 1 saturated carbocycles. The number of fused-ring (bicyclic) bond motifs is 1. The van der Waals surface area contributed by atoms with Crippen molar-refractivity contribution in [1.82, 2.24) is 14.4 Å². The van der Waals surface area contributed by atoms with Crippen LogP contribution < -0.4 is 10.5 Å². The van der Waals surface area contributed by atoms with Crippen LogP contribution in [-0.2, 0) is 6.54 Å². The van der Waals surface area contributed by atoms with Gasteiger partial charge in [0.15, 0.2) is 4.96 Å². The summed E-state index contributed by atoms with van der Waals surface area (Å²) in [6, 6.07) is 4.56. The van der Waals surface area contributed by atoms with E-state index in [1.165, 1.54) is 23.6 Å². The molecular formula is C19H21FN4O2S. The number of halogens is 1. The SMILES string of the molecule is CCN(Cc1cc(=O)n2c([C@@H]3C[C@@H]3CO)c(C)sc2n1)c1ccc(F)cn1. The fraction of sp³-hybridized carbons (Fsp3) is 0.421. The zero-order chi connectivity index (χ0) is 19.1. The zero-order valence-corrected chi connectivity index (χ0v) is 16.0. The van der Waals surface area contributed by atoms with Crippen LogP contribution in [-0.4, -0.2) is 32.6 Å². The molecule has 3 heterocycles. The Morgan fingerprint density at radius 1 is 1.44 bits per heavy atom. The van der Waals surface area contributed by atoms with Gasteiger partial charge >= 0.3 is 0 Å². The largest absolute Gasteiger partial charge is 0.396 e. The minimum atomic E-state index is -0.379. The fourth-order valence-corrected chi connectivity index (χ4v) is 4.60. The van der Waals surface area contributed by atoms with Gasteiger partial charge in [-0.15, -0.1) is 11.3 Å². The predicted molar refractivity (Wildman–Crippen MR) is 103 cm³/mol. The molecule has 1 N–H and O–H groups in total. The molecular weight excluding hydrogens is 367 g/mol. The van der Waals surface area contributed by atoms with Crippen LogP contribution in [0, 0.1) is 18.7 Å². The van der Waals surface area contributed by atoms with Crippen molar-refractivity contribution in [3.63, 3.8) is 0 Å². The van der Waals surface area contributed by atoms with E-state index in [2.05, 4.69) is 9.97 Å². The predicted octanol–water partition coefficient (Wildman–Crippen LogP) is 2.72. The number of hydrogen-bond acceptors (Lipinski definition) is 6. The van der Waals surface area contributed by atoms with E-state index < -0.39 is 0 Å². The quantitative estimate of drug-likeness (QED) is 0.703. The second kappa shape index (κ2) is 7.01. The van der Waals surface area contributed by atoms with E-state index in [0.717, 1.165) is 17.0 Å². The summed E-state index contributed by atoms with van der Waals surface area (Å²) in [5.41, 5.74) is 1.56. The van der Waals surface area contributed by atoms with Gasteiger partial charge < -0.3 is 10.0 Å². The molecule has 2 atom stereocenters. The van der Waals surface area contributed by atoms with Gasteiger partial charge in [0.2, 0.25) is 0 Å². The minimum absolute atomic E-state index is 0.0962. The summed E-state index contributed by atoms with van der Waals surface area (Å²) in [5.74, 6) is 0.751. The van der Waals surface area contributed by atoms with E-state index in [1.807, 2.05) is 18.7 Å². The zero-order valence-electron chi connectivity index (χ0n) is 15.2. The summed E-state index contributed by atoms with van der Waals surface area (Å²) in [4.78, 5) is 25.3. The lowest BCUT2D eigenvalue weighted by Crippen LogP contribution is -2.25. The van der Waals surface area contributed by atoms with E-state index in [0.29, 0.717) is 29.6 Å². The van der Waals surface area contributed by atoms with Gasteiger partial charge in [0.05, 0.1) is 18.4 Å². The molecule has 4 rings (SSSR count). The van der Waals surface area contributed by atoms with Crippen LogP contribution in [0.4, 0.5) is 10.2 Å². The van der Waals surface area contributed by atoms with Crippen molar-refractivity contribution in [3.8, 4) is 0 Å². The van der Waals surface area contributed by atoms with Crippen molar-refractivity contribution in [3.05, 3.63) is 56.8 Å². The van der Waals surface area contributed by atoms with Crippen LogP contribution in [0.5, 0.6) is 0 Å². The van der Waals surface area contributed by atoms with Crippen molar-refractivity contribution in [2.24, 2.45) is 5.92 Å². The molecule has 0 amide bonds. The number of thiazole rings is 1. The maximum absolute atomic E-state index is 13.1. The van der Waals surface area contributed by atoms with Crippen LogP contribution in [0.1, 0.15) is 35.5 Å². The molecule has 142 valence electrons. The third-order valence-corrected chi connectivity index (χ3v) is 6.04. The van der Waals surface area contributed by atoms with Gasteiger partial charge in [-0.05, 0) is 38.3 Å². The molecule has 0 radical (unpaired) electrons. The molecule has 1 aliphatic rings. The molecule has 0 unspecified atom stereocenters. The Labute approximate surface area is 159 Å². The van der Waals surface area contributed by atoms with Crippen molar-refractivity contribution in [2.45, 2.75) is 32.7 Å². The Balaban J connectivity index is 1.67. The molecule has 1 fully saturated rings. The number of nitrogens with zero attached hydrogens (tertiary/aromatic N) is 4. The summed E-state index contributed by atoms with van der Waals surface area (Å²) in [6.45, 7) is 5.22. The maximum Gasteiger partial charge on any atom is 0.259 e. The summed E-state index contributed by atoms with van der Waals surface area (Å²) in [5, 5.41) is 9.37. The van der Waals surface area contributed by atoms with Crippen LogP contribution in [0.15, 0.2) is 29.2 Å². The average molecular weight is 388 g/mol. The first-order chi connectivity index (χ1) is 13.0. The third kappa shape index (κ3) is 3.35. The molecule has 1 aliphatic carbocycles. The van der Waals surface area contributed by atoms with E-state index >= 15 is 0 Å². The number of aryl methyl sites for hydroxylation is 1. The van der Waals surface area contributed by atoms with Crippen LogP contribution in [0.25, 0.3) is 4.96 Å². The van der Waals surface area contributed by atoms with Crippen molar-refractivity contribution in [2.75, 3.05) is 18.1 Å². The van der Waals surface area contributed by atoms with Crippen LogP contribution >= 0.6 is 11.3 Å². The molecule has 27 heavy (non-hydrogen) atoms. The number of aliphatic hydroxyl groups excluding tert-OH is 1. The first kappa shape index (κ1) is 18.1. The smallest absolute Gasteiger partial charge is 0.259 e. The topological polar surface area (TPSA) is 70.7 Å². The maximum atomic E-state index is 13.1. The number of anilines is 1. The molecule has 3 aromatic rings. The lowest BCUT2D eigenvalue weighted by molar-refractivity contribution is 0.273. The monoisotopic (exact) mass is 388 g/mol. The molecule has 3 aromatic heterocycles. The number of pyridine rings is 1. The Kier molecular flexibility index (Phi) is 4.69. The number of aliphatic hydroxyl groups is 1. The standard InChI is InChI=1S/C19H21FN4O2S/c1-3-23(16-5-4-13(20)8-21-16)9-14-7-17(26)24-18(15-6-12(15)10-25)11(2)27-19(24)22-14/h4-5,7-8,12,15,25H,3,6,9-10H2,1-2H3/t12-,15-/m1/s1. The van der Waals surface area contributed by atoms with Gasteiger partial charge in [-0.1, -0.05) is 0 Å². The second-order valence-corrected chi connectivity index (χ2v) is 8.06. The summed E-state index contributed by atoms with van der Waals surface area (Å²) in [7, 11) is 0. The van der Waals surface area contributed by atoms with Gasteiger partial charge in [0.1, 0.15) is 11.6 Å². The first-order valence-electron chi connectivity index (χ1n) is 9.01. The highest BCUT2D eigenvalue weighted by molar-refractivity contribution is 7.17. The molecule has 0 bridgehead atoms. The molecule has 6 nitrogen and oxygen atoms in total. The molecule has 8 heteroatoms. The van der Waals surface area contributed by atoms with Crippen molar-refractivity contribution in [1.29, 1.82) is 0 Å². The molecule has 0 aromatic carbocycles. The number of rotatable bonds is 6. The van der Waals surface area contributed by atoms with Crippen LogP contribution in [0.3, 0.4) is 0 Å². The Bertz CT molecular complexity index is 1030. The molecule has 0 saturated heterocycles. The Morgan fingerprint density at radius 2 is 2.26 bits per heavy atom. The Hall–Kier alpha value is -2.32. The highest BCUT2D eigenvalue weighted by Gasteiger charge is 2.41. The van der Waals surface area contributed by atoms with E-state index in [4.69, 9.17) is 0 Å². The van der Waals surface area contributed by atoms with Gasteiger partial charge in [0.25, 0.3) is 5.56 Å². The summed E-state index contributed by atoms with van der Waals surface area (Å²) < 4.78 is 14.8. The fourth-order valence-electron chi connectivity index (χ4n) is 3.54. The molecule has 0 aliphatic heterocycles. The van der Waals surface area contributed by atoms with E-state index in [-0.39, 0.29) is 29.8 Å². The highest BCUT2D eigenvalue weighted by atomic mass is 32.1. The van der Waals surface area contributed by atoms with Crippen molar-refractivity contribution >= 4 is 22.1 Å². The number of aromatic nitrogens is 3.